The molecule has 0 aromatic carbocycles. The second kappa shape index (κ2) is 6.94. The van der Waals surface area contributed by atoms with Crippen molar-refractivity contribution in [3.8, 4) is 0 Å². The highest BCUT2D eigenvalue weighted by Gasteiger charge is 2.41. The quantitative estimate of drug-likeness (QED) is 0.782. The lowest BCUT2D eigenvalue weighted by molar-refractivity contribution is -0.146. The van der Waals surface area contributed by atoms with Crippen LogP contribution in [0.4, 0.5) is 0 Å². The Labute approximate surface area is 130 Å². The van der Waals surface area contributed by atoms with Gasteiger partial charge in [0.15, 0.2) is 5.69 Å². The molecule has 1 saturated carbocycles. The van der Waals surface area contributed by atoms with Crippen molar-refractivity contribution in [2.75, 3.05) is 13.7 Å². The van der Waals surface area contributed by atoms with Crippen molar-refractivity contribution >= 4 is 11.9 Å². The smallest absolute Gasteiger partial charge is 0.308 e. The predicted molar refractivity (Wildman–Crippen MR) is 80.4 cm³/mol. The fourth-order valence-electron chi connectivity index (χ4n) is 3.18. The summed E-state index contributed by atoms with van der Waals surface area (Å²) in [5.41, 5.74) is -0.192. The number of hydrogen-bond donors (Lipinski definition) is 0. The number of aromatic nitrogens is 1. The van der Waals surface area contributed by atoms with Gasteiger partial charge in [-0.3, -0.25) is 9.59 Å². The summed E-state index contributed by atoms with van der Waals surface area (Å²) in [5, 5.41) is 3.80. The topological polar surface area (TPSA) is 72.6 Å². The predicted octanol–water partition coefficient (Wildman–Crippen LogP) is 2.71. The maximum Gasteiger partial charge on any atom is 0.308 e. The van der Waals surface area contributed by atoms with E-state index < -0.39 is 5.54 Å². The Morgan fingerprint density at radius 2 is 2.05 bits per heavy atom. The van der Waals surface area contributed by atoms with E-state index in [0.29, 0.717) is 12.4 Å². The van der Waals surface area contributed by atoms with Crippen LogP contribution in [0, 0.1) is 6.92 Å². The van der Waals surface area contributed by atoms with Crippen LogP contribution in [0.1, 0.15) is 61.7 Å². The average molecular weight is 308 g/mol. The highest BCUT2D eigenvalue weighted by atomic mass is 16.5. The summed E-state index contributed by atoms with van der Waals surface area (Å²) in [6, 6.07) is 1.62. The van der Waals surface area contributed by atoms with Crippen LogP contribution in [-0.4, -0.2) is 41.1 Å². The van der Waals surface area contributed by atoms with Gasteiger partial charge in [0, 0.05) is 13.1 Å². The second-order valence-corrected chi connectivity index (χ2v) is 5.95. The van der Waals surface area contributed by atoms with E-state index in [-0.39, 0.29) is 24.0 Å². The molecule has 0 bridgehead atoms. The molecule has 1 fully saturated rings. The van der Waals surface area contributed by atoms with E-state index in [1.54, 1.807) is 31.9 Å². The first kappa shape index (κ1) is 16.5. The first-order chi connectivity index (χ1) is 10.5. The molecule has 1 aromatic rings. The molecule has 0 N–H and O–H groups in total. The summed E-state index contributed by atoms with van der Waals surface area (Å²) < 4.78 is 10.1. The van der Waals surface area contributed by atoms with E-state index >= 15 is 0 Å². The maximum atomic E-state index is 12.7. The molecule has 2 rings (SSSR count). The van der Waals surface area contributed by atoms with Crippen LogP contribution >= 0.6 is 0 Å². The summed E-state index contributed by atoms with van der Waals surface area (Å²) in [5.74, 6) is 0.142. The van der Waals surface area contributed by atoms with Crippen LogP contribution in [0.3, 0.4) is 0 Å². The van der Waals surface area contributed by atoms with Crippen molar-refractivity contribution in [2.45, 2.75) is 57.9 Å². The molecule has 6 nitrogen and oxygen atoms in total. The molecule has 0 saturated heterocycles. The number of ether oxygens (including phenoxy) is 1. The van der Waals surface area contributed by atoms with Crippen LogP contribution < -0.4 is 0 Å². The fraction of sp³-hybridized carbons (Fsp3) is 0.688. The number of hydrogen-bond acceptors (Lipinski definition) is 5. The second-order valence-electron chi connectivity index (χ2n) is 5.95. The Morgan fingerprint density at radius 1 is 1.36 bits per heavy atom. The molecule has 0 spiro atoms. The lowest BCUT2D eigenvalue weighted by Gasteiger charge is -2.43. The molecule has 1 amide bonds. The van der Waals surface area contributed by atoms with Crippen LogP contribution in [-0.2, 0) is 9.53 Å². The molecule has 6 heteroatoms. The van der Waals surface area contributed by atoms with Crippen LogP contribution in [0.25, 0.3) is 0 Å². The zero-order chi connectivity index (χ0) is 16.2. The zero-order valence-corrected chi connectivity index (χ0v) is 13.6. The molecule has 1 aromatic heterocycles. The van der Waals surface area contributed by atoms with Gasteiger partial charge in [-0.2, -0.15) is 0 Å². The Kier molecular flexibility index (Phi) is 5.21. The number of rotatable bonds is 5. The normalized spacial score (nSPS) is 17.0. The molecule has 0 unspecified atom stereocenters. The summed E-state index contributed by atoms with van der Waals surface area (Å²) in [7, 11) is 1.75. The van der Waals surface area contributed by atoms with Crippen molar-refractivity contribution in [1.82, 2.24) is 10.1 Å². The van der Waals surface area contributed by atoms with Gasteiger partial charge in [0.1, 0.15) is 5.76 Å². The standard InChI is InChI=1S/C16H24N2O4/c1-4-21-14(19)11-16(8-6-5-7-9-16)18(3)15(20)13-10-12(2)22-17-13/h10H,4-9,11H2,1-3H3. The van der Waals surface area contributed by atoms with Gasteiger partial charge in [0.2, 0.25) is 0 Å². The van der Waals surface area contributed by atoms with Gasteiger partial charge >= 0.3 is 5.97 Å². The number of carbonyl (C=O) groups is 2. The van der Waals surface area contributed by atoms with Crippen molar-refractivity contribution < 1.29 is 18.8 Å². The molecule has 1 aliphatic rings. The number of nitrogens with zero attached hydrogens (tertiary/aromatic N) is 2. The van der Waals surface area contributed by atoms with E-state index in [1.807, 2.05) is 0 Å². The van der Waals surface area contributed by atoms with Crippen molar-refractivity contribution in [2.24, 2.45) is 0 Å². The molecule has 122 valence electrons. The SMILES string of the molecule is CCOC(=O)CC1(N(C)C(=O)c2cc(C)on2)CCCCC1. The third kappa shape index (κ3) is 3.48. The Hall–Kier alpha value is -1.85. The van der Waals surface area contributed by atoms with Crippen LogP contribution in [0.15, 0.2) is 10.6 Å². The van der Waals surface area contributed by atoms with Gasteiger partial charge in [-0.05, 0) is 26.7 Å². The number of esters is 1. The maximum absolute atomic E-state index is 12.7. The highest BCUT2D eigenvalue weighted by Crippen LogP contribution is 2.36. The fourth-order valence-corrected chi connectivity index (χ4v) is 3.18. The summed E-state index contributed by atoms with van der Waals surface area (Å²) >= 11 is 0. The lowest BCUT2D eigenvalue weighted by Crippen LogP contribution is -2.52. The van der Waals surface area contributed by atoms with Gasteiger partial charge in [-0.15, -0.1) is 0 Å². The summed E-state index contributed by atoms with van der Waals surface area (Å²) in [6.45, 7) is 3.90. The molecule has 1 heterocycles. The zero-order valence-electron chi connectivity index (χ0n) is 13.6. The molecular formula is C16H24N2O4. The number of amides is 1. The van der Waals surface area contributed by atoms with Gasteiger partial charge in [-0.1, -0.05) is 24.4 Å². The van der Waals surface area contributed by atoms with E-state index in [0.717, 1.165) is 32.1 Å². The van der Waals surface area contributed by atoms with E-state index in [4.69, 9.17) is 9.26 Å². The Morgan fingerprint density at radius 3 is 2.59 bits per heavy atom. The lowest BCUT2D eigenvalue weighted by atomic mass is 9.78. The Bertz CT molecular complexity index is 532. The highest BCUT2D eigenvalue weighted by molar-refractivity contribution is 5.93. The first-order valence-corrected chi connectivity index (χ1v) is 7.85. The monoisotopic (exact) mass is 308 g/mol. The molecule has 22 heavy (non-hydrogen) atoms. The minimum absolute atomic E-state index is 0.206. The van der Waals surface area contributed by atoms with Crippen LogP contribution in [0.2, 0.25) is 0 Å². The van der Waals surface area contributed by atoms with Crippen molar-refractivity contribution in [1.29, 1.82) is 0 Å². The molecule has 0 atom stereocenters. The van der Waals surface area contributed by atoms with E-state index in [2.05, 4.69) is 5.16 Å². The number of carbonyl (C=O) groups excluding carboxylic acids is 2. The number of aryl methyl sites for hydroxylation is 1. The molecule has 0 aliphatic heterocycles. The van der Waals surface area contributed by atoms with Crippen molar-refractivity contribution in [3.63, 3.8) is 0 Å². The third-order valence-corrected chi connectivity index (χ3v) is 4.43. The first-order valence-electron chi connectivity index (χ1n) is 7.85. The van der Waals surface area contributed by atoms with Crippen molar-refractivity contribution in [3.05, 3.63) is 17.5 Å². The molecular weight excluding hydrogens is 284 g/mol. The van der Waals surface area contributed by atoms with Gasteiger partial charge < -0.3 is 14.2 Å². The van der Waals surface area contributed by atoms with Gasteiger partial charge in [0.25, 0.3) is 5.91 Å². The minimum Gasteiger partial charge on any atom is -0.466 e. The third-order valence-electron chi connectivity index (χ3n) is 4.43. The molecule has 0 radical (unpaired) electrons. The van der Waals surface area contributed by atoms with E-state index in [9.17, 15) is 9.59 Å². The van der Waals surface area contributed by atoms with Gasteiger partial charge in [0.05, 0.1) is 18.6 Å². The summed E-state index contributed by atoms with van der Waals surface area (Å²) in [4.78, 5) is 26.3. The Balaban J connectivity index is 2.20. The molecule has 1 aliphatic carbocycles. The van der Waals surface area contributed by atoms with Gasteiger partial charge in [-0.25, -0.2) is 0 Å². The average Bonchev–Trinajstić information content (AvgIpc) is 2.93. The van der Waals surface area contributed by atoms with Crippen LogP contribution in [0.5, 0.6) is 0 Å². The summed E-state index contributed by atoms with van der Waals surface area (Å²) in [6.07, 6.45) is 5.01. The largest absolute Gasteiger partial charge is 0.466 e. The minimum atomic E-state index is -0.478. The van der Waals surface area contributed by atoms with E-state index in [1.165, 1.54) is 0 Å².